The van der Waals surface area contributed by atoms with Crippen LogP contribution in [-0.2, 0) is 14.3 Å². The number of thioether (sulfide) groups is 1. The van der Waals surface area contributed by atoms with E-state index in [1.165, 1.54) is 18.7 Å². The zero-order chi connectivity index (χ0) is 14.5. The molecule has 0 spiro atoms. The summed E-state index contributed by atoms with van der Waals surface area (Å²) in [5.41, 5.74) is -0.518. The van der Waals surface area contributed by atoms with Gasteiger partial charge in [0.2, 0.25) is 0 Å². The van der Waals surface area contributed by atoms with Crippen LogP contribution in [0.1, 0.15) is 34.1 Å². The van der Waals surface area contributed by atoms with Crippen molar-refractivity contribution >= 4 is 23.5 Å². The molecule has 0 saturated carbocycles. The topological polar surface area (TPSA) is 43.4 Å². The lowest BCUT2D eigenvalue weighted by Crippen LogP contribution is -2.27. The van der Waals surface area contributed by atoms with E-state index in [0.29, 0.717) is 0 Å². The number of hydrogen-bond donors (Lipinski definition) is 0. The Bertz CT molecular complexity index is 434. The summed E-state index contributed by atoms with van der Waals surface area (Å²) in [4.78, 5) is 24.4. The number of Topliss-reactive ketones (excluding diaryl/α,β-unsaturated/α-hetero) is 1. The van der Waals surface area contributed by atoms with Gasteiger partial charge in [0.15, 0.2) is 0 Å². The van der Waals surface area contributed by atoms with Crippen molar-refractivity contribution in [1.82, 2.24) is 0 Å². The fourth-order valence-electron chi connectivity index (χ4n) is 1.47. The quantitative estimate of drug-likeness (QED) is 0.612. The maximum Gasteiger partial charge on any atom is 0.307 e. The maximum absolute atomic E-state index is 11.8. The molecule has 0 aromatic heterocycles. The summed E-state index contributed by atoms with van der Waals surface area (Å²) in [6, 6.07) is 9.59. The van der Waals surface area contributed by atoms with E-state index in [1.54, 1.807) is 0 Å². The van der Waals surface area contributed by atoms with Gasteiger partial charge in [-0.2, -0.15) is 0 Å². The third kappa shape index (κ3) is 6.43. The second-order valence-electron chi connectivity index (χ2n) is 5.32. The van der Waals surface area contributed by atoms with Crippen LogP contribution in [0.25, 0.3) is 0 Å². The molecule has 1 aromatic rings. The Morgan fingerprint density at radius 3 is 2.26 bits per heavy atom. The molecule has 0 saturated heterocycles. The van der Waals surface area contributed by atoms with Gasteiger partial charge >= 0.3 is 5.97 Å². The summed E-state index contributed by atoms with van der Waals surface area (Å²) in [6.45, 7) is 6.96. The van der Waals surface area contributed by atoms with Crippen LogP contribution in [0.4, 0.5) is 0 Å². The third-order valence-electron chi connectivity index (χ3n) is 2.25. The number of benzene rings is 1. The van der Waals surface area contributed by atoms with E-state index in [2.05, 4.69) is 0 Å². The van der Waals surface area contributed by atoms with Crippen molar-refractivity contribution in [1.29, 1.82) is 0 Å². The Morgan fingerprint density at radius 1 is 1.21 bits per heavy atom. The number of rotatable bonds is 5. The van der Waals surface area contributed by atoms with Crippen LogP contribution in [0.2, 0.25) is 0 Å². The van der Waals surface area contributed by atoms with Crippen molar-refractivity contribution in [2.24, 2.45) is 0 Å². The van der Waals surface area contributed by atoms with Gasteiger partial charge in [0.05, 0.1) is 11.7 Å². The van der Waals surface area contributed by atoms with Crippen molar-refractivity contribution in [2.75, 3.05) is 0 Å². The van der Waals surface area contributed by atoms with Gasteiger partial charge in [-0.1, -0.05) is 18.2 Å². The lowest BCUT2D eigenvalue weighted by Gasteiger charge is -2.21. The Morgan fingerprint density at radius 2 is 1.79 bits per heavy atom. The predicted octanol–water partition coefficient (Wildman–Crippen LogP) is 3.47. The number of carbonyl (C=O) groups is 2. The minimum absolute atomic E-state index is 0.0142. The molecule has 3 nitrogen and oxygen atoms in total. The summed E-state index contributed by atoms with van der Waals surface area (Å²) in [6.07, 6.45) is 0.103. The van der Waals surface area contributed by atoms with Gasteiger partial charge in [-0.15, -0.1) is 11.8 Å². The molecule has 0 aliphatic carbocycles. The SMILES string of the molecule is CC(=O)C(CC(=O)OC(C)(C)C)Sc1ccccc1. The number of esters is 1. The zero-order valence-corrected chi connectivity index (χ0v) is 12.6. The summed E-state index contributed by atoms with van der Waals surface area (Å²) >= 11 is 1.40. The largest absolute Gasteiger partial charge is 0.460 e. The van der Waals surface area contributed by atoms with Gasteiger partial charge in [-0.3, -0.25) is 9.59 Å². The molecule has 1 atom stereocenters. The summed E-state index contributed by atoms with van der Waals surface area (Å²) in [7, 11) is 0. The molecule has 0 aliphatic rings. The van der Waals surface area contributed by atoms with E-state index in [0.717, 1.165) is 4.90 Å². The molecule has 19 heavy (non-hydrogen) atoms. The molecule has 0 heterocycles. The standard InChI is InChI=1S/C15H20O3S/c1-11(16)13(10-14(17)18-15(2,3)4)19-12-8-6-5-7-9-12/h5-9,13H,10H2,1-4H3. The van der Waals surface area contributed by atoms with Crippen molar-refractivity contribution in [3.05, 3.63) is 30.3 Å². The molecule has 0 amide bonds. The Balaban J connectivity index is 2.64. The molecule has 1 aromatic carbocycles. The van der Waals surface area contributed by atoms with E-state index >= 15 is 0 Å². The minimum atomic E-state index is -0.518. The molecule has 0 aliphatic heterocycles. The van der Waals surface area contributed by atoms with E-state index in [4.69, 9.17) is 4.74 Å². The molecule has 0 fully saturated rings. The van der Waals surface area contributed by atoms with Crippen molar-refractivity contribution in [3.63, 3.8) is 0 Å². The molecular weight excluding hydrogens is 260 g/mol. The Kier molecular flexibility index (Phi) is 5.60. The highest BCUT2D eigenvalue weighted by atomic mass is 32.2. The van der Waals surface area contributed by atoms with Crippen LogP contribution in [-0.4, -0.2) is 22.6 Å². The molecule has 0 N–H and O–H groups in total. The first-order valence-corrected chi connectivity index (χ1v) is 7.10. The van der Waals surface area contributed by atoms with E-state index < -0.39 is 10.9 Å². The average Bonchev–Trinajstić information content (AvgIpc) is 2.26. The molecule has 0 bridgehead atoms. The average molecular weight is 280 g/mol. The monoisotopic (exact) mass is 280 g/mol. The highest BCUT2D eigenvalue weighted by Gasteiger charge is 2.24. The third-order valence-corrected chi connectivity index (χ3v) is 3.57. The molecule has 1 unspecified atom stereocenters. The predicted molar refractivity (Wildman–Crippen MR) is 77.2 cm³/mol. The fourth-order valence-corrected chi connectivity index (χ4v) is 2.49. The van der Waals surface area contributed by atoms with Crippen LogP contribution >= 0.6 is 11.8 Å². The maximum atomic E-state index is 11.8. The molecule has 104 valence electrons. The van der Waals surface area contributed by atoms with Gasteiger partial charge in [0.1, 0.15) is 11.4 Å². The van der Waals surface area contributed by atoms with Gasteiger partial charge < -0.3 is 4.74 Å². The lowest BCUT2D eigenvalue weighted by atomic mass is 10.2. The van der Waals surface area contributed by atoms with Gasteiger partial charge in [-0.05, 0) is 39.8 Å². The van der Waals surface area contributed by atoms with E-state index in [9.17, 15) is 9.59 Å². The number of carbonyl (C=O) groups excluding carboxylic acids is 2. The van der Waals surface area contributed by atoms with E-state index in [1.807, 2.05) is 51.1 Å². The number of hydrogen-bond acceptors (Lipinski definition) is 4. The molecular formula is C15H20O3S. The molecule has 4 heteroatoms. The van der Waals surface area contributed by atoms with Crippen molar-refractivity contribution in [3.8, 4) is 0 Å². The zero-order valence-electron chi connectivity index (χ0n) is 11.8. The Labute approximate surface area is 118 Å². The second-order valence-corrected chi connectivity index (χ2v) is 6.60. The van der Waals surface area contributed by atoms with Gasteiger partial charge in [0, 0.05) is 4.90 Å². The summed E-state index contributed by atoms with van der Waals surface area (Å²) < 4.78 is 5.25. The first-order chi connectivity index (χ1) is 8.78. The van der Waals surface area contributed by atoms with Gasteiger partial charge in [-0.25, -0.2) is 0 Å². The van der Waals surface area contributed by atoms with Crippen molar-refractivity contribution in [2.45, 2.75) is 49.9 Å². The molecule has 1 rings (SSSR count). The smallest absolute Gasteiger partial charge is 0.307 e. The van der Waals surface area contributed by atoms with Gasteiger partial charge in [0.25, 0.3) is 0 Å². The lowest BCUT2D eigenvalue weighted by molar-refractivity contribution is -0.155. The van der Waals surface area contributed by atoms with Crippen LogP contribution in [0.5, 0.6) is 0 Å². The first kappa shape index (κ1) is 15.8. The highest BCUT2D eigenvalue weighted by molar-refractivity contribution is 8.00. The van der Waals surface area contributed by atoms with E-state index in [-0.39, 0.29) is 18.2 Å². The summed E-state index contributed by atoms with van der Waals surface area (Å²) in [5, 5.41) is -0.391. The van der Waals surface area contributed by atoms with Crippen LogP contribution < -0.4 is 0 Å². The fraction of sp³-hybridized carbons (Fsp3) is 0.467. The highest BCUT2D eigenvalue weighted by Crippen LogP contribution is 2.26. The summed E-state index contributed by atoms with van der Waals surface area (Å²) in [5.74, 6) is -0.351. The number of ether oxygens (including phenoxy) is 1. The normalized spacial score (nSPS) is 12.8. The van der Waals surface area contributed by atoms with Crippen LogP contribution in [0.15, 0.2) is 35.2 Å². The Hall–Kier alpha value is -1.29. The van der Waals surface area contributed by atoms with Crippen molar-refractivity contribution < 1.29 is 14.3 Å². The molecule has 0 radical (unpaired) electrons. The number of ketones is 1. The minimum Gasteiger partial charge on any atom is -0.460 e. The first-order valence-electron chi connectivity index (χ1n) is 6.22. The van der Waals surface area contributed by atoms with Crippen LogP contribution in [0.3, 0.4) is 0 Å². The van der Waals surface area contributed by atoms with Crippen LogP contribution in [0, 0.1) is 0 Å². The second kappa shape index (κ2) is 6.75.